The number of carbonyl (C=O) groups is 2. The van der Waals surface area contributed by atoms with E-state index in [-0.39, 0.29) is 12.5 Å². The molecule has 2 rings (SSSR count). The predicted molar refractivity (Wildman–Crippen MR) is 85.5 cm³/mol. The van der Waals surface area contributed by atoms with Crippen LogP contribution in [-0.4, -0.2) is 36.7 Å². The molecule has 0 radical (unpaired) electrons. The SMILES string of the molecule is COc1cccc2c1OCC(C(=O)NC(CC(C)C)C(=O)O)=C2. The van der Waals surface area contributed by atoms with Crippen molar-refractivity contribution in [2.75, 3.05) is 13.7 Å². The minimum absolute atomic E-state index is 0.0766. The van der Waals surface area contributed by atoms with Gasteiger partial charge in [-0.2, -0.15) is 0 Å². The number of para-hydroxylation sites is 1. The van der Waals surface area contributed by atoms with E-state index in [4.69, 9.17) is 9.47 Å². The Morgan fingerprint density at radius 2 is 2.13 bits per heavy atom. The molecule has 1 aliphatic rings. The third kappa shape index (κ3) is 4.03. The molecule has 1 aromatic carbocycles. The Morgan fingerprint density at radius 3 is 2.74 bits per heavy atom. The van der Waals surface area contributed by atoms with Crippen molar-refractivity contribution in [3.8, 4) is 11.5 Å². The van der Waals surface area contributed by atoms with Gasteiger partial charge in [0.1, 0.15) is 12.6 Å². The van der Waals surface area contributed by atoms with Crippen LogP contribution >= 0.6 is 0 Å². The average molecular weight is 319 g/mol. The highest BCUT2D eigenvalue weighted by molar-refractivity contribution is 6.01. The van der Waals surface area contributed by atoms with Crippen molar-refractivity contribution < 1.29 is 24.2 Å². The number of benzene rings is 1. The minimum Gasteiger partial charge on any atom is -0.493 e. The molecular weight excluding hydrogens is 298 g/mol. The van der Waals surface area contributed by atoms with Crippen molar-refractivity contribution in [3.63, 3.8) is 0 Å². The topological polar surface area (TPSA) is 84.9 Å². The molecule has 1 atom stereocenters. The Labute approximate surface area is 135 Å². The fourth-order valence-corrected chi connectivity index (χ4v) is 2.42. The summed E-state index contributed by atoms with van der Waals surface area (Å²) in [5.41, 5.74) is 1.12. The van der Waals surface area contributed by atoms with Gasteiger partial charge in [0.2, 0.25) is 0 Å². The average Bonchev–Trinajstić information content (AvgIpc) is 2.52. The molecule has 0 saturated heterocycles. The van der Waals surface area contributed by atoms with Crippen LogP contribution in [0.2, 0.25) is 0 Å². The molecule has 0 aliphatic carbocycles. The lowest BCUT2D eigenvalue weighted by molar-refractivity contribution is -0.141. The zero-order chi connectivity index (χ0) is 17.0. The first-order valence-corrected chi connectivity index (χ1v) is 7.46. The Bertz CT molecular complexity index is 636. The second kappa shape index (κ2) is 7.17. The summed E-state index contributed by atoms with van der Waals surface area (Å²) in [4.78, 5) is 23.6. The molecule has 0 spiro atoms. The van der Waals surface area contributed by atoms with Crippen LogP contribution in [0.5, 0.6) is 11.5 Å². The van der Waals surface area contributed by atoms with E-state index in [1.165, 1.54) is 0 Å². The first-order valence-electron chi connectivity index (χ1n) is 7.46. The number of methoxy groups -OCH3 is 1. The van der Waals surface area contributed by atoms with Crippen LogP contribution in [-0.2, 0) is 9.59 Å². The van der Waals surface area contributed by atoms with Gasteiger partial charge in [-0.05, 0) is 24.5 Å². The largest absolute Gasteiger partial charge is 0.493 e. The van der Waals surface area contributed by atoms with Crippen LogP contribution in [0, 0.1) is 5.92 Å². The van der Waals surface area contributed by atoms with Gasteiger partial charge in [0.25, 0.3) is 5.91 Å². The van der Waals surface area contributed by atoms with Crippen molar-refractivity contribution in [2.45, 2.75) is 26.3 Å². The van der Waals surface area contributed by atoms with Crippen molar-refractivity contribution in [2.24, 2.45) is 5.92 Å². The van der Waals surface area contributed by atoms with E-state index in [1.807, 2.05) is 19.9 Å². The molecule has 6 nitrogen and oxygen atoms in total. The van der Waals surface area contributed by atoms with Gasteiger partial charge in [-0.1, -0.05) is 26.0 Å². The molecule has 6 heteroatoms. The van der Waals surface area contributed by atoms with E-state index in [1.54, 1.807) is 25.3 Å². The number of hydrogen-bond acceptors (Lipinski definition) is 4. The lowest BCUT2D eigenvalue weighted by Gasteiger charge is -2.21. The molecule has 23 heavy (non-hydrogen) atoms. The van der Waals surface area contributed by atoms with Crippen LogP contribution in [0.15, 0.2) is 23.8 Å². The van der Waals surface area contributed by atoms with Gasteiger partial charge in [-0.25, -0.2) is 4.79 Å². The summed E-state index contributed by atoms with van der Waals surface area (Å²) in [6, 6.07) is 4.49. The summed E-state index contributed by atoms with van der Waals surface area (Å²) in [5.74, 6) is -0.110. The van der Waals surface area contributed by atoms with Gasteiger partial charge in [0.05, 0.1) is 12.7 Å². The van der Waals surface area contributed by atoms with E-state index in [0.29, 0.717) is 23.5 Å². The summed E-state index contributed by atoms with van der Waals surface area (Å²) in [5, 5.41) is 11.8. The molecule has 124 valence electrons. The quantitative estimate of drug-likeness (QED) is 0.838. The zero-order valence-electron chi connectivity index (χ0n) is 13.5. The number of nitrogens with one attached hydrogen (secondary N) is 1. The summed E-state index contributed by atoms with van der Waals surface area (Å²) in [6.45, 7) is 3.90. The molecule has 1 aromatic rings. The third-order valence-corrected chi connectivity index (χ3v) is 3.53. The number of amides is 1. The maximum atomic E-state index is 12.3. The van der Waals surface area contributed by atoms with Crippen LogP contribution in [0.4, 0.5) is 0 Å². The normalized spacial score (nSPS) is 14.3. The summed E-state index contributed by atoms with van der Waals surface area (Å²) in [6.07, 6.45) is 2.07. The lowest BCUT2D eigenvalue weighted by Crippen LogP contribution is -2.43. The highest BCUT2D eigenvalue weighted by Crippen LogP contribution is 2.35. The molecule has 1 aliphatic heterocycles. The highest BCUT2D eigenvalue weighted by atomic mass is 16.5. The number of carboxylic acid groups (broad SMARTS) is 1. The number of hydrogen-bond donors (Lipinski definition) is 2. The van der Waals surface area contributed by atoms with Gasteiger partial charge in [-0.15, -0.1) is 0 Å². The minimum atomic E-state index is -1.04. The molecule has 0 bridgehead atoms. The molecular formula is C17H21NO5. The second-order valence-electron chi connectivity index (χ2n) is 5.83. The van der Waals surface area contributed by atoms with Crippen molar-refractivity contribution in [3.05, 3.63) is 29.3 Å². The standard InChI is InChI=1S/C17H21NO5/c1-10(2)7-13(17(20)21)18-16(19)12-8-11-5-4-6-14(22-3)15(11)23-9-12/h4-6,8,10,13H,7,9H2,1-3H3,(H,18,19)(H,20,21). The number of ether oxygens (including phenoxy) is 2. The molecule has 2 N–H and O–H groups in total. The Hall–Kier alpha value is -2.50. The van der Waals surface area contributed by atoms with Crippen LogP contribution in [0.3, 0.4) is 0 Å². The van der Waals surface area contributed by atoms with Gasteiger partial charge >= 0.3 is 5.97 Å². The van der Waals surface area contributed by atoms with Crippen LogP contribution in [0.1, 0.15) is 25.8 Å². The first-order chi connectivity index (χ1) is 10.9. The van der Waals surface area contributed by atoms with Crippen LogP contribution in [0.25, 0.3) is 6.08 Å². The number of carbonyl (C=O) groups excluding carboxylic acids is 1. The molecule has 1 amide bonds. The smallest absolute Gasteiger partial charge is 0.326 e. The van der Waals surface area contributed by atoms with E-state index >= 15 is 0 Å². The third-order valence-electron chi connectivity index (χ3n) is 3.53. The number of rotatable bonds is 6. The fraction of sp³-hybridized carbons (Fsp3) is 0.412. The first kappa shape index (κ1) is 16.9. The highest BCUT2D eigenvalue weighted by Gasteiger charge is 2.25. The molecule has 0 saturated carbocycles. The van der Waals surface area contributed by atoms with Crippen molar-refractivity contribution >= 4 is 18.0 Å². The Kier molecular flexibility index (Phi) is 5.26. The molecule has 1 heterocycles. The van der Waals surface area contributed by atoms with Gasteiger partial charge in [-0.3, -0.25) is 4.79 Å². The number of fused-ring (bicyclic) bond motifs is 1. The number of aliphatic carboxylic acids is 1. The summed E-state index contributed by atoms with van der Waals surface area (Å²) >= 11 is 0. The molecule has 0 aromatic heterocycles. The predicted octanol–water partition coefficient (Wildman–Crippen LogP) is 2.09. The lowest BCUT2D eigenvalue weighted by atomic mass is 10.0. The van der Waals surface area contributed by atoms with E-state index < -0.39 is 17.9 Å². The van der Waals surface area contributed by atoms with E-state index in [9.17, 15) is 14.7 Å². The summed E-state index contributed by atoms with van der Waals surface area (Å²) < 4.78 is 10.8. The Balaban J connectivity index is 2.17. The van der Waals surface area contributed by atoms with Gasteiger partial charge < -0.3 is 19.9 Å². The molecule has 0 fully saturated rings. The second-order valence-corrected chi connectivity index (χ2v) is 5.83. The van der Waals surface area contributed by atoms with E-state index in [2.05, 4.69) is 5.32 Å². The number of carboxylic acids is 1. The van der Waals surface area contributed by atoms with Gasteiger partial charge in [0, 0.05) is 5.56 Å². The van der Waals surface area contributed by atoms with Crippen LogP contribution < -0.4 is 14.8 Å². The molecule has 1 unspecified atom stereocenters. The van der Waals surface area contributed by atoms with E-state index in [0.717, 1.165) is 5.56 Å². The Morgan fingerprint density at radius 1 is 1.39 bits per heavy atom. The monoisotopic (exact) mass is 319 g/mol. The zero-order valence-corrected chi connectivity index (χ0v) is 13.5. The fourth-order valence-electron chi connectivity index (χ4n) is 2.42. The van der Waals surface area contributed by atoms with Gasteiger partial charge in [0.15, 0.2) is 11.5 Å². The maximum absolute atomic E-state index is 12.3. The maximum Gasteiger partial charge on any atom is 0.326 e. The summed E-state index contributed by atoms with van der Waals surface area (Å²) in [7, 11) is 1.55. The van der Waals surface area contributed by atoms with Crippen molar-refractivity contribution in [1.82, 2.24) is 5.32 Å². The van der Waals surface area contributed by atoms with Crippen molar-refractivity contribution in [1.29, 1.82) is 0 Å².